The third-order valence-electron chi connectivity index (χ3n) is 5.46. The molecule has 0 amide bonds. The Morgan fingerprint density at radius 2 is 2.00 bits per heavy atom. The van der Waals surface area contributed by atoms with E-state index in [1.807, 2.05) is 6.33 Å². The minimum Gasteiger partial charge on any atom is -0.341 e. The first kappa shape index (κ1) is 14.0. The Kier molecular flexibility index (Phi) is 3.51. The molecule has 2 fully saturated rings. The number of aryl methyl sites for hydroxylation is 1. The lowest BCUT2D eigenvalue weighted by molar-refractivity contribution is 0.473. The molecule has 1 aliphatic heterocycles. The zero-order chi connectivity index (χ0) is 15.1. The average Bonchev–Trinajstić information content (AvgIpc) is 3.26. The van der Waals surface area contributed by atoms with E-state index in [1.165, 1.54) is 38.5 Å². The lowest BCUT2D eigenvalue weighted by Gasteiger charge is -2.17. The van der Waals surface area contributed by atoms with E-state index in [9.17, 15) is 0 Å². The molecule has 5 heteroatoms. The molecule has 2 unspecified atom stereocenters. The van der Waals surface area contributed by atoms with Crippen molar-refractivity contribution < 1.29 is 0 Å². The minimum atomic E-state index is 0.565. The fourth-order valence-electron chi connectivity index (χ4n) is 4.04. The van der Waals surface area contributed by atoms with Crippen molar-refractivity contribution in [3.05, 3.63) is 12.0 Å². The standard InChI is InChI=1S/C17H25N5/c1-3-13-6-7-14(10-13)22-11-18-15-12(2)19-17(20-16(15)22)21-8-4-5-9-21/h11,13-14H,3-10H2,1-2H3. The van der Waals surface area contributed by atoms with Gasteiger partial charge in [-0.05, 0) is 44.9 Å². The lowest BCUT2D eigenvalue weighted by Crippen LogP contribution is -2.21. The predicted octanol–water partition coefficient (Wildman–Crippen LogP) is 3.49. The van der Waals surface area contributed by atoms with E-state index < -0.39 is 0 Å². The van der Waals surface area contributed by atoms with Crippen molar-refractivity contribution in [1.29, 1.82) is 0 Å². The molecule has 2 aromatic rings. The van der Waals surface area contributed by atoms with Crippen molar-refractivity contribution >= 4 is 17.1 Å². The molecule has 5 nitrogen and oxygen atoms in total. The quantitative estimate of drug-likeness (QED) is 0.870. The maximum Gasteiger partial charge on any atom is 0.227 e. The fraction of sp³-hybridized carbons (Fsp3) is 0.706. The zero-order valence-corrected chi connectivity index (χ0v) is 13.6. The Labute approximate surface area is 131 Å². The highest BCUT2D eigenvalue weighted by molar-refractivity contribution is 5.75. The highest BCUT2D eigenvalue weighted by atomic mass is 15.3. The number of aromatic nitrogens is 4. The summed E-state index contributed by atoms with van der Waals surface area (Å²) in [5.41, 5.74) is 3.02. The van der Waals surface area contributed by atoms with Crippen molar-refractivity contribution in [2.75, 3.05) is 18.0 Å². The maximum absolute atomic E-state index is 4.89. The van der Waals surface area contributed by atoms with Gasteiger partial charge in [0, 0.05) is 19.1 Å². The van der Waals surface area contributed by atoms with Crippen LogP contribution in [0.15, 0.2) is 6.33 Å². The van der Waals surface area contributed by atoms with Crippen molar-refractivity contribution in [3.63, 3.8) is 0 Å². The van der Waals surface area contributed by atoms with Crippen LogP contribution >= 0.6 is 0 Å². The van der Waals surface area contributed by atoms with Gasteiger partial charge in [-0.2, -0.15) is 4.98 Å². The first-order chi connectivity index (χ1) is 10.8. The van der Waals surface area contributed by atoms with Gasteiger partial charge in [0.2, 0.25) is 5.95 Å². The summed E-state index contributed by atoms with van der Waals surface area (Å²) >= 11 is 0. The van der Waals surface area contributed by atoms with Crippen molar-refractivity contribution in [2.45, 2.75) is 58.4 Å². The molecule has 0 radical (unpaired) electrons. The number of anilines is 1. The molecule has 2 aromatic heterocycles. The van der Waals surface area contributed by atoms with E-state index in [2.05, 4.69) is 28.3 Å². The summed E-state index contributed by atoms with van der Waals surface area (Å²) in [6.45, 7) is 6.53. The van der Waals surface area contributed by atoms with E-state index >= 15 is 0 Å². The summed E-state index contributed by atoms with van der Waals surface area (Å²) in [4.78, 5) is 16.5. The largest absolute Gasteiger partial charge is 0.341 e. The molecule has 1 saturated carbocycles. The molecule has 2 aliphatic rings. The molecular formula is C17H25N5. The Morgan fingerprint density at radius 3 is 2.73 bits per heavy atom. The number of hydrogen-bond donors (Lipinski definition) is 0. The van der Waals surface area contributed by atoms with Gasteiger partial charge in [-0.1, -0.05) is 13.3 Å². The number of rotatable bonds is 3. The Bertz CT molecular complexity index is 671. The Hall–Kier alpha value is -1.65. The second kappa shape index (κ2) is 5.52. The number of hydrogen-bond acceptors (Lipinski definition) is 4. The highest BCUT2D eigenvalue weighted by Crippen LogP contribution is 2.37. The molecule has 0 bridgehead atoms. The van der Waals surface area contributed by atoms with Gasteiger partial charge in [-0.3, -0.25) is 0 Å². The Balaban J connectivity index is 1.73. The second-order valence-electron chi connectivity index (χ2n) is 6.87. The van der Waals surface area contributed by atoms with E-state index in [4.69, 9.17) is 9.97 Å². The summed E-state index contributed by atoms with van der Waals surface area (Å²) in [5.74, 6) is 1.76. The van der Waals surface area contributed by atoms with Gasteiger partial charge in [0.15, 0.2) is 5.65 Å². The van der Waals surface area contributed by atoms with Gasteiger partial charge >= 0.3 is 0 Å². The van der Waals surface area contributed by atoms with E-state index in [0.717, 1.165) is 41.8 Å². The average molecular weight is 299 g/mol. The molecule has 4 rings (SSSR count). The molecular weight excluding hydrogens is 274 g/mol. The van der Waals surface area contributed by atoms with Crippen molar-refractivity contribution in [1.82, 2.24) is 19.5 Å². The first-order valence-corrected chi connectivity index (χ1v) is 8.72. The number of fused-ring (bicyclic) bond motifs is 1. The third kappa shape index (κ3) is 2.27. The van der Waals surface area contributed by atoms with Crippen LogP contribution in [0.1, 0.15) is 57.2 Å². The summed E-state index contributed by atoms with van der Waals surface area (Å²) in [5, 5.41) is 0. The summed E-state index contributed by atoms with van der Waals surface area (Å²) in [7, 11) is 0. The smallest absolute Gasteiger partial charge is 0.227 e. The van der Waals surface area contributed by atoms with E-state index in [-0.39, 0.29) is 0 Å². The van der Waals surface area contributed by atoms with Gasteiger partial charge in [-0.15, -0.1) is 0 Å². The molecule has 3 heterocycles. The molecule has 22 heavy (non-hydrogen) atoms. The van der Waals surface area contributed by atoms with E-state index in [0.29, 0.717) is 6.04 Å². The van der Waals surface area contributed by atoms with Crippen LogP contribution in [0.4, 0.5) is 5.95 Å². The van der Waals surface area contributed by atoms with Crippen molar-refractivity contribution in [3.8, 4) is 0 Å². The summed E-state index contributed by atoms with van der Waals surface area (Å²) in [6, 6.07) is 0.565. The molecule has 1 aliphatic carbocycles. The lowest BCUT2D eigenvalue weighted by atomic mass is 10.1. The summed E-state index contributed by atoms with van der Waals surface area (Å²) in [6.07, 6.45) is 9.64. The monoisotopic (exact) mass is 299 g/mol. The fourth-order valence-corrected chi connectivity index (χ4v) is 4.04. The normalized spacial score (nSPS) is 25.5. The predicted molar refractivity (Wildman–Crippen MR) is 88.2 cm³/mol. The Morgan fingerprint density at radius 1 is 1.18 bits per heavy atom. The van der Waals surface area contributed by atoms with Crippen LogP contribution in [0.2, 0.25) is 0 Å². The SMILES string of the molecule is CCC1CCC(n2cnc3c(C)nc(N4CCCC4)nc32)C1. The van der Waals surface area contributed by atoms with Gasteiger partial charge < -0.3 is 9.47 Å². The van der Waals surface area contributed by atoms with Crippen molar-refractivity contribution in [2.24, 2.45) is 5.92 Å². The molecule has 2 atom stereocenters. The van der Waals surface area contributed by atoms with Crippen LogP contribution in [0.3, 0.4) is 0 Å². The van der Waals surface area contributed by atoms with E-state index in [1.54, 1.807) is 0 Å². The van der Waals surface area contributed by atoms with Crippen LogP contribution in [0.5, 0.6) is 0 Å². The third-order valence-corrected chi connectivity index (χ3v) is 5.46. The molecule has 118 valence electrons. The number of imidazole rings is 1. The van der Waals surface area contributed by atoms with Gasteiger partial charge in [-0.25, -0.2) is 9.97 Å². The highest BCUT2D eigenvalue weighted by Gasteiger charge is 2.27. The minimum absolute atomic E-state index is 0.565. The first-order valence-electron chi connectivity index (χ1n) is 8.72. The topological polar surface area (TPSA) is 46.8 Å². The van der Waals surface area contributed by atoms with Crippen LogP contribution in [-0.4, -0.2) is 32.6 Å². The van der Waals surface area contributed by atoms with Crippen LogP contribution in [0.25, 0.3) is 11.2 Å². The van der Waals surface area contributed by atoms with Crippen LogP contribution in [0, 0.1) is 12.8 Å². The molecule has 1 saturated heterocycles. The van der Waals surface area contributed by atoms with Gasteiger partial charge in [0.1, 0.15) is 5.52 Å². The zero-order valence-electron chi connectivity index (χ0n) is 13.6. The maximum atomic E-state index is 4.89. The molecule has 0 N–H and O–H groups in total. The molecule has 0 aromatic carbocycles. The molecule has 0 spiro atoms. The number of nitrogens with zero attached hydrogens (tertiary/aromatic N) is 5. The summed E-state index contributed by atoms with van der Waals surface area (Å²) < 4.78 is 2.32. The second-order valence-corrected chi connectivity index (χ2v) is 6.87. The van der Waals surface area contributed by atoms with Crippen LogP contribution < -0.4 is 4.90 Å². The van der Waals surface area contributed by atoms with Crippen LogP contribution in [-0.2, 0) is 0 Å². The van der Waals surface area contributed by atoms with Gasteiger partial charge in [0.25, 0.3) is 0 Å². The van der Waals surface area contributed by atoms with Gasteiger partial charge in [0.05, 0.1) is 12.0 Å².